The Bertz CT molecular complexity index is 582. The molecular formula is C9H9N2O6S-. The number of carbonyl (C=O) groups is 1. The largest absolute Gasteiger partial charge is 0.548 e. The van der Waals surface area contributed by atoms with Crippen molar-refractivity contribution in [3.8, 4) is 0 Å². The van der Waals surface area contributed by atoms with Gasteiger partial charge in [-0.3, -0.25) is 14.4 Å². The van der Waals surface area contributed by atoms with E-state index in [0.29, 0.717) is 4.31 Å². The first kappa shape index (κ1) is 13.9. The van der Waals surface area contributed by atoms with Crippen LogP contribution in [0.4, 0.5) is 11.4 Å². The van der Waals surface area contributed by atoms with Gasteiger partial charge in [-0.2, -0.15) is 0 Å². The van der Waals surface area contributed by atoms with Crippen molar-refractivity contribution < 1.29 is 23.2 Å². The normalized spacial score (nSPS) is 10.9. The maximum Gasteiger partial charge on any atom is 0.271 e. The van der Waals surface area contributed by atoms with Crippen molar-refractivity contribution in [2.24, 2.45) is 0 Å². The summed E-state index contributed by atoms with van der Waals surface area (Å²) in [4.78, 5) is 20.3. The molecule has 0 saturated heterocycles. The van der Waals surface area contributed by atoms with E-state index >= 15 is 0 Å². The molecular weight excluding hydrogens is 264 g/mol. The predicted octanol–water partition coefficient (Wildman–Crippen LogP) is -0.889. The molecule has 0 radical (unpaired) electrons. The zero-order valence-electron chi connectivity index (χ0n) is 9.27. The Labute approximate surface area is 103 Å². The lowest BCUT2D eigenvalue weighted by Gasteiger charge is -2.22. The number of sulfonamides is 1. The third-order valence-electron chi connectivity index (χ3n) is 2.00. The summed E-state index contributed by atoms with van der Waals surface area (Å²) in [5.41, 5.74) is -0.435. The van der Waals surface area contributed by atoms with Gasteiger partial charge in [-0.25, -0.2) is 8.42 Å². The highest BCUT2D eigenvalue weighted by Gasteiger charge is 2.19. The van der Waals surface area contributed by atoms with Crippen LogP contribution < -0.4 is 9.41 Å². The Balaban J connectivity index is 3.25. The molecule has 9 heteroatoms. The van der Waals surface area contributed by atoms with Crippen LogP contribution >= 0.6 is 0 Å². The van der Waals surface area contributed by atoms with E-state index in [1.807, 2.05) is 0 Å². The maximum atomic E-state index is 11.4. The molecule has 0 N–H and O–H groups in total. The van der Waals surface area contributed by atoms with Crippen LogP contribution in [0.15, 0.2) is 24.3 Å². The SMILES string of the molecule is CS(=O)(=O)N(CC(=O)[O-])c1cccc([N+](=O)[O-])c1. The number of anilines is 1. The number of aliphatic carboxylic acids is 1. The van der Waals surface area contributed by atoms with E-state index in [2.05, 4.69) is 0 Å². The zero-order chi connectivity index (χ0) is 13.9. The van der Waals surface area contributed by atoms with Crippen LogP contribution in [-0.2, 0) is 14.8 Å². The van der Waals surface area contributed by atoms with Crippen LogP contribution in [0.2, 0.25) is 0 Å². The third-order valence-corrected chi connectivity index (χ3v) is 3.14. The lowest BCUT2D eigenvalue weighted by atomic mass is 10.3. The number of hydrogen-bond donors (Lipinski definition) is 0. The number of nitro benzene ring substituents is 1. The number of carboxylic acids is 1. The minimum absolute atomic E-state index is 0.101. The van der Waals surface area contributed by atoms with Gasteiger partial charge in [0.05, 0.1) is 29.4 Å². The van der Waals surface area contributed by atoms with Crippen LogP contribution in [0.25, 0.3) is 0 Å². The van der Waals surface area contributed by atoms with Gasteiger partial charge in [-0.05, 0) is 6.07 Å². The van der Waals surface area contributed by atoms with E-state index in [-0.39, 0.29) is 11.4 Å². The van der Waals surface area contributed by atoms with Crippen molar-refractivity contribution in [2.75, 3.05) is 17.1 Å². The van der Waals surface area contributed by atoms with Gasteiger partial charge < -0.3 is 9.90 Å². The zero-order valence-corrected chi connectivity index (χ0v) is 10.1. The second-order valence-electron chi connectivity index (χ2n) is 3.42. The maximum absolute atomic E-state index is 11.4. The number of nitro groups is 1. The smallest absolute Gasteiger partial charge is 0.271 e. The molecule has 98 valence electrons. The molecule has 0 spiro atoms. The second kappa shape index (κ2) is 5.00. The molecule has 0 aromatic heterocycles. The highest BCUT2D eigenvalue weighted by atomic mass is 32.2. The first-order valence-corrected chi connectivity index (χ1v) is 6.48. The molecule has 0 atom stereocenters. The minimum atomic E-state index is -3.87. The number of carbonyl (C=O) groups excluding carboxylic acids is 1. The van der Waals surface area contributed by atoms with Gasteiger partial charge in [0.25, 0.3) is 5.69 Å². The molecule has 0 fully saturated rings. The van der Waals surface area contributed by atoms with Crippen molar-refractivity contribution in [1.82, 2.24) is 0 Å². The molecule has 0 aliphatic rings. The fourth-order valence-corrected chi connectivity index (χ4v) is 2.12. The molecule has 1 rings (SSSR count). The standard InChI is InChI=1S/C9H10N2O6S/c1-18(16,17)10(6-9(12)13)7-3-2-4-8(5-7)11(14)15/h2-5H,6H2,1H3,(H,12,13)/p-1. The van der Waals surface area contributed by atoms with Crippen LogP contribution in [-0.4, -0.2) is 32.1 Å². The van der Waals surface area contributed by atoms with Gasteiger partial charge in [-0.15, -0.1) is 0 Å². The average Bonchev–Trinajstić information content (AvgIpc) is 2.24. The van der Waals surface area contributed by atoms with Gasteiger partial charge in [0.15, 0.2) is 0 Å². The molecule has 1 aromatic carbocycles. The second-order valence-corrected chi connectivity index (χ2v) is 5.33. The van der Waals surface area contributed by atoms with Crippen molar-refractivity contribution in [3.63, 3.8) is 0 Å². The fraction of sp³-hybridized carbons (Fsp3) is 0.222. The molecule has 0 heterocycles. The van der Waals surface area contributed by atoms with E-state index in [9.17, 15) is 28.4 Å². The summed E-state index contributed by atoms with van der Waals surface area (Å²) in [6, 6.07) is 4.67. The molecule has 0 amide bonds. The van der Waals surface area contributed by atoms with Gasteiger partial charge in [0.2, 0.25) is 10.0 Å². The Morgan fingerprint density at radius 2 is 2.06 bits per heavy atom. The molecule has 0 aliphatic carbocycles. The summed E-state index contributed by atoms with van der Waals surface area (Å²) in [6.45, 7) is -0.903. The molecule has 0 aliphatic heterocycles. The highest BCUT2D eigenvalue weighted by molar-refractivity contribution is 7.92. The number of hydrogen-bond acceptors (Lipinski definition) is 6. The molecule has 0 saturated carbocycles. The van der Waals surface area contributed by atoms with Gasteiger partial charge in [-0.1, -0.05) is 6.07 Å². The summed E-state index contributed by atoms with van der Waals surface area (Å²) >= 11 is 0. The van der Waals surface area contributed by atoms with E-state index in [1.165, 1.54) is 18.2 Å². The lowest BCUT2D eigenvalue weighted by molar-refractivity contribution is -0.384. The quantitative estimate of drug-likeness (QED) is 0.507. The molecule has 18 heavy (non-hydrogen) atoms. The van der Waals surface area contributed by atoms with E-state index in [4.69, 9.17) is 0 Å². The number of non-ortho nitro benzene ring substituents is 1. The van der Waals surface area contributed by atoms with Gasteiger partial charge in [0, 0.05) is 12.1 Å². The fourth-order valence-electron chi connectivity index (χ4n) is 1.28. The molecule has 0 bridgehead atoms. The van der Waals surface area contributed by atoms with Crippen LogP contribution in [0, 0.1) is 10.1 Å². The Kier molecular flexibility index (Phi) is 3.86. The molecule has 0 unspecified atom stereocenters. The van der Waals surface area contributed by atoms with Gasteiger partial charge in [0.1, 0.15) is 0 Å². The number of benzene rings is 1. The third kappa shape index (κ3) is 3.42. The average molecular weight is 273 g/mol. The Morgan fingerprint density at radius 1 is 1.44 bits per heavy atom. The summed E-state index contributed by atoms with van der Waals surface area (Å²) in [5, 5.41) is 21.1. The number of rotatable bonds is 5. The van der Waals surface area contributed by atoms with E-state index < -0.39 is 27.5 Å². The predicted molar refractivity (Wildman–Crippen MR) is 60.3 cm³/mol. The Hall–Kier alpha value is -2.16. The molecule has 8 nitrogen and oxygen atoms in total. The topological polar surface area (TPSA) is 121 Å². The first-order valence-electron chi connectivity index (χ1n) is 4.64. The van der Waals surface area contributed by atoms with E-state index in [0.717, 1.165) is 12.3 Å². The van der Waals surface area contributed by atoms with Crippen LogP contribution in [0.1, 0.15) is 0 Å². The first-order chi connectivity index (χ1) is 8.21. The van der Waals surface area contributed by atoms with Crippen molar-refractivity contribution in [3.05, 3.63) is 34.4 Å². The summed E-state index contributed by atoms with van der Waals surface area (Å²) in [7, 11) is -3.87. The number of nitrogens with zero attached hydrogens (tertiary/aromatic N) is 2. The summed E-state index contributed by atoms with van der Waals surface area (Å²) < 4.78 is 23.4. The van der Waals surface area contributed by atoms with Crippen molar-refractivity contribution in [2.45, 2.75) is 0 Å². The van der Waals surface area contributed by atoms with Crippen LogP contribution in [0.3, 0.4) is 0 Å². The van der Waals surface area contributed by atoms with E-state index in [1.54, 1.807) is 0 Å². The number of carboxylic acid groups (broad SMARTS) is 1. The highest BCUT2D eigenvalue weighted by Crippen LogP contribution is 2.22. The summed E-state index contributed by atoms with van der Waals surface area (Å²) in [5.74, 6) is -1.60. The van der Waals surface area contributed by atoms with Gasteiger partial charge >= 0.3 is 0 Å². The summed E-state index contributed by atoms with van der Waals surface area (Å²) in [6.07, 6.45) is 0.800. The molecule has 1 aromatic rings. The van der Waals surface area contributed by atoms with Crippen LogP contribution in [0.5, 0.6) is 0 Å². The van der Waals surface area contributed by atoms with Crippen molar-refractivity contribution in [1.29, 1.82) is 0 Å². The lowest BCUT2D eigenvalue weighted by Crippen LogP contribution is -2.41. The Morgan fingerprint density at radius 3 is 2.50 bits per heavy atom. The monoisotopic (exact) mass is 273 g/mol. The van der Waals surface area contributed by atoms with Crippen molar-refractivity contribution >= 4 is 27.4 Å². The minimum Gasteiger partial charge on any atom is -0.548 e.